The SMILES string of the molecule is CCCN1C(=O)C2(c3ccccc31)c1c(oc3ccc(F)cc3c1=O)C(=O)N2c1cc(C)on1. The van der Waals surface area contributed by atoms with Crippen LogP contribution in [-0.2, 0) is 10.3 Å². The molecule has 0 radical (unpaired) electrons. The van der Waals surface area contributed by atoms with Crippen LogP contribution in [0.1, 0.15) is 40.8 Å². The topological polar surface area (TPSA) is 96.9 Å². The lowest BCUT2D eigenvalue weighted by molar-refractivity contribution is -0.121. The first kappa shape index (κ1) is 20.3. The Balaban J connectivity index is 1.78. The molecule has 0 saturated heterocycles. The van der Waals surface area contributed by atoms with Crippen LogP contribution in [0.5, 0.6) is 0 Å². The molecule has 1 atom stereocenters. The number of aromatic nitrogens is 1. The average molecular weight is 459 g/mol. The van der Waals surface area contributed by atoms with Crippen LogP contribution < -0.4 is 15.2 Å². The van der Waals surface area contributed by atoms with Gasteiger partial charge in [0.05, 0.1) is 16.6 Å². The number of amides is 2. The van der Waals surface area contributed by atoms with Crippen molar-refractivity contribution in [1.29, 1.82) is 0 Å². The van der Waals surface area contributed by atoms with Gasteiger partial charge >= 0.3 is 0 Å². The zero-order valence-corrected chi connectivity index (χ0v) is 18.3. The predicted octanol–water partition coefficient (Wildman–Crippen LogP) is 3.89. The molecule has 0 aliphatic carbocycles. The molecule has 4 aromatic rings. The maximum absolute atomic E-state index is 14.2. The van der Waals surface area contributed by atoms with Gasteiger partial charge in [-0.1, -0.05) is 30.3 Å². The first-order valence-electron chi connectivity index (χ1n) is 10.9. The van der Waals surface area contributed by atoms with Crippen LogP contribution in [0.2, 0.25) is 0 Å². The molecule has 2 aromatic carbocycles. The molecule has 4 heterocycles. The van der Waals surface area contributed by atoms with Crippen molar-refractivity contribution >= 4 is 34.3 Å². The summed E-state index contributed by atoms with van der Waals surface area (Å²) >= 11 is 0. The predicted molar refractivity (Wildman–Crippen MR) is 120 cm³/mol. The standard InChI is InChI=1S/C25H18FN3O5/c1-3-10-28-17-7-5-4-6-16(17)25(24(28)32)20-21(30)15-12-14(26)8-9-18(15)33-22(20)23(31)29(25)19-11-13(2)34-27-19/h4-9,11-12H,3,10H2,1-2H3. The Morgan fingerprint density at radius 3 is 2.62 bits per heavy atom. The Labute approximate surface area is 192 Å². The Kier molecular flexibility index (Phi) is 4.11. The highest BCUT2D eigenvalue weighted by molar-refractivity contribution is 6.24. The van der Waals surface area contributed by atoms with Gasteiger partial charge in [-0.25, -0.2) is 4.39 Å². The Bertz CT molecular complexity index is 1590. The van der Waals surface area contributed by atoms with Gasteiger partial charge in [-0.15, -0.1) is 0 Å². The van der Waals surface area contributed by atoms with Gasteiger partial charge in [0.2, 0.25) is 5.76 Å². The van der Waals surface area contributed by atoms with E-state index in [1.165, 1.54) is 17.0 Å². The molecule has 6 rings (SSSR count). The summed E-state index contributed by atoms with van der Waals surface area (Å²) in [7, 11) is 0. The maximum Gasteiger partial charge on any atom is 0.297 e. The number of rotatable bonds is 3. The number of fused-ring (bicyclic) bond motifs is 5. The first-order valence-corrected chi connectivity index (χ1v) is 10.9. The van der Waals surface area contributed by atoms with Crippen molar-refractivity contribution in [3.8, 4) is 0 Å². The molecule has 9 heteroatoms. The van der Waals surface area contributed by atoms with E-state index < -0.39 is 28.6 Å². The van der Waals surface area contributed by atoms with Crippen LogP contribution in [0.3, 0.4) is 0 Å². The third-order valence-electron chi connectivity index (χ3n) is 6.38. The number of aryl methyl sites for hydroxylation is 1. The van der Waals surface area contributed by atoms with Crippen molar-refractivity contribution in [1.82, 2.24) is 5.16 Å². The molecule has 2 amide bonds. The second-order valence-electron chi connectivity index (χ2n) is 8.40. The fourth-order valence-electron chi connectivity index (χ4n) is 5.08. The lowest BCUT2D eigenvalue weighted by Gasteiger charge is -2.32. The van der Waals surface area contributed by atoms with E-state index in [-0.39, 0.29) is 28.1 Å². The summed E-state index contributed by atoms with van der Waals surface area (Å²) < 4.78 is 25.2. The molecule has 34 heavy (non-hydrogen) atoms. The van der Waals surface area contributed by atoms with E-state index in [1.54, 1.807) is 36.1 Å². The lowest BCUT2D eigenvalue weighted by atomic mass is 9.84. The third-order valence-corrected chi connectivity index (χ3v) is 6.38. The third kappa shape index (κ3) is 2.35. The van der Waals surface area contributed by atoms with Gasteiger partial charge in [0.1, 0.15) is 17.2 Å². The van der Waals surface area contributed by atoms with Crippen molar-refractivity contribution in [2.24, 2.45) is 0 Å². The largest absolute Gasteiger partial charge is 0.450 e. The number of anilines is 2. The maximum atomic E-state index is 14.2. The van der Waals surface area contributed by atoms with Gasteiger partial charge in [0, 0.05) is 18.2 Å². The first-order chi connectivity index (χ1) is 16.4. The van der Waals surface area contributed by atoms with Gasteiger partial charge in [-0.05, 0) is 37.6 Å². The Morgan fingerprint density at radius 1 is 1.09 bits per heavy atom. The summed E-state index contributed by atoms with van der Waals surface area (Å²) in [5.74, 6) is -1.59. The summed E-state index contributed by atoms with van der Waals surface area (Å²) in [5, 5.41) is 3.95. The van der Waals surface area contributed by atoms with Crippen LogP contribution in [0, 0.1) is 12.7 Å². The molecule has 2 aromatic heterocycles. The van der Waals surface area contributed by atoms with Crippen LogP contribution >= 0.6 is 0 Å². The summed E-state index contributed by atoms with van der Waals surface area (Å²) in [5.41, 5.74) is -1.57. The van der Waals surface area contributed by atoms with Gasteiger partial charge in [0.25, 0.3) is 11.8 Å². The molecular formula is C25H18FN3O5. The zero-order chi connectivity index (χ0) is 23.8. The minimum absolute atomic E-state index is 0.0518. The number of para-hydroxylation sites is 1. The molecular weight excluding hydrogens is 441 g/mol. The number of nitrogens with zero attached hydrogens (tertiary/aromatic N) is 3. The quantitative estimate of drug-likeness (QED) is 0.461. The van der Waals surface area contributed by atoms with E-state index >= 15 is 0 Å². The van der Waals surface area contributed by atoms with Gasteiger partial charge < -0.3 is 13.8 Å². The Hall–Kier alpha value is -4.27. The summed E-state index contributed by atoms with van der Waals surface area (Å²) in [6.45, 7) is 3.96. The average Bonchev–Trinajstić information content (AvgIpc) is 3.43. The molecule has 0 N–H and O–H groups in total. The monoisotopic (exact) mass is 459 g/mol. The number of halogens is 1. The van der Waals surface area contributed by atoms with E-state index in [4.69, 9.17) is 8.94 Å². The highest BCUT2D eigenvalue weighted by Crippen LogP contribution is 2.53. The fourth-order valence-corrected chi connectivity index (χ4v) is 5.08. The second kappa shape index (κ2) is 6.86. The lowest BCUT2D eigenvalue weighted by Crippen LogP contribution is -2.54. The van der Waals surface area contributed by atoms with E-state index in [0.29, 0.717) is 30.0 Å². The van der Waals surface area contributed by atoms with E-state index in [0.717, 1.165) is 12.1 Å². The van der Waals surface area contributed by atoms with Crippen molar-refractivity contribution < 1.29 is 22.9 Å². The molecule has 2 aliphatic heterocycles. The molecule has 0 bridgehead atoms. The Morgan fingerprint density at radius 2 is 1.88 bits per heavy atom. The number of carbonyl (C=O) groups is 2. The van der Waals surface area contributed by atoms with Gasteiger partial charge in [-0.3, -0.25) is 19.3 Å². The molecule has 0 fully saturated rings. The molecule has 1 unspecified atom stereocenters. The van der Waals surface area contributed by atoms with Crippen molar-refractivity contribution in [2.75, 3.05) is 16.3 Å². The van der Waals surface area contributed by atoms with E-state index in [1.807, 2.05) is 6.92 Å². The number of benzene rings is 2. The molecule has 170 valence electrons. The zero-order valence-electron chi connectivity index (χ0n) is 18.3. The second-order valence-corrected chi connectivity index (χ2v) is 8.40. The number of hydrogen-bond acceptors (Lipinski definition) is 6. The fraction of sp³-hybridized carbons (Fsp3) is 0.200. The van der Waals surface area contributed by atoms with Crippen LogP contribution in [0.4, 0.5) is 15.9 Å². The minimum atomic E-state index is -1.86. The number of hydrogen-bond donors (Lipinski definition) is 0. The summed E-state index contributed by atoms with van der Waals surface area (Å²) in [6, 6.07) is 12.0. The summed E-state index contributed by atoms with van der Waals surface area (Å²) in [4.78, 5) is 44.7. The van der Waals surface area contributed by atoms with Crippen LogP contribution in [0.25, 0.3) is 11.0 Å². The van der Waals surface area contributed by atoms with Crippen molar-refractivity contribution in [3.63, 3.8) is 0 Å². The van der Waals surface area contributed by atoms with Gasteiger partial charge in [-0.2, -0.15) is 0 Å². The molecule has 8 nitrogen and oxygen atoms in total. The smallest absolute Gasteiger partial charge is 0.297 e. The normalized spacial score (nSPS) is 18.9. The van der Waals surface area contributed by atoms with E-state index in [2.05, 4.69) is 5.16 Å². The van der Waals surface area contributed by atoms with Crippen LogP contribution in [0.15, 0.2) is 62.3 Å². The highest BCUT2D eigenvalue weighted by Gasteiger charge is 2.66. The minimum Gasteiger partial charge on any atom is -0.450 e. The van der Waals surface area contributed by atoms with Crippen molar-refractivity contribution in [2.45, 2.75) is 25.8 Å². The number of carbonyl (C=O) groups excluding carboxylic acids is 2. The van der Waals surface area contributed by atoms with Gasteiger partial charge in [0.15, 0.2) is 16.8 Å². The molecule has 2 aliphatic rings. The molecule has 0 saturated carbocycles. The summed E-state index contributed by atoms with van der Waals surface area (Å²) in [6.07, 6.45) is 0.650. The molecule has 1 spiro atoms. The van der Waals surface area contributed by atoms with Crippen molar-refractivity contribution in [3.05, 3.63) is 87.2 Å². The van der Waals surface area contributed by atoms with E-state index in [9.17, 15) is 18.8 Å². The highest BCUT2D eigenvalue weighted by atomic mass is 19.1. The van der Waals surface area contributed by atoms with Crippen LogP contribution in [-0.4, -0.2) is 23.5 Å².